The number of rotatable bonds is 2. The minimum Gasteiger partial charge on any atom is -0.325 e. The van der Waals surface area contributed by atoms with E-state index in [1.807, 2.05) is 0 Å². The highest BCUT2D eigenvalue weighted by molar-refractivity contribution is 5.26. The van der Waals surface area contributed by atoms with Gasteiger partial charge in [-0.1, -0.05) is 0 Å². The molecule has 0 spiro atoms. The number of nitrogens with zero attached hydrogens (tertiary/aromatic N) is 1. The fourth-order valence-electron chi connectivity index (χ4n) is 2.11. The lowest BCUT2D eigenvalue weighted by Gasteiger charge is -2.39. The molecule has 0 atom stereocenters. The molecule has 1 aliphatic carbocycles. The Morgan fingerprint density at radius 1 is 1.38 bits per heavy atom. The van der Waals surface area contributed by atoms with E-state index in [1.165, 1.54) is 12.8 Å². The van der Waals surface area contributed by atoms with E-state index in [-0.39, 0.29) is 11.1 Å². The second-order valence-electron chi connectivity index (χ2n) is 5.24. The Kier molecular flexibility index (Phi) is 2.81. The average molecular weight is 182 g/mol. The number of nitrogens with two attached hydrogens (primary N) is 1. The van der Waals surface area contributed by atoms with Crippen molar-refractivity contribution in [2.45, 2.75) is 57.5 Å². The predicted octanol–water partition coefficient (Wildman–Crippen LogP) is 2.37. The fraction of sp³-hybridized carbons (Fsp3) is 0.909. The molecular formula is C11H22N2. The van der Waals surface area contributed by atoms with Gasteiger partial charge < -0.3 is 5.73 Å². The highest BCUT2D eigenvalue weighted by Gasteiger charge is 2.35. The Morgan fingerprint density at radius 3 is 2.23 bits per heavy atom. The molecule has 0 bridgehead atoms. The van der Waals surface area contributed by atoms with E-state index in [0.717, 1.165) is 12.8 Å². The van der Waals surface area contributed by atoms with Crippen molar-refractivity contribution in [3.05, 3.63) is 0 Å². The zero-order valence-corrected chi connectivity index (χ0v) is 9.14. The van der Waals surface area contributed by atoms with E-state index in [1.54, 1.807) is 0 Å². The minimum atomic E-state index is 0.0382. The molecule has 0 aromatic rings. The Bertz CT molecular complexity index is 184. The second kappa shape index (κ2) is 3.41. The summed E-state index contributed by atoms with van der Waals surface area (Å²) in [4.78, 5) is 4.20. The quantitative estimate of drug-likeness (QED) is 0.654. The summed E-state index contributed by atoms with van der Waals surface area (Å²) in [7, 11) is 0. The first-order chi connectivity index (χ1) is 5.87. The van der Waals surface area contributed by atoms with Gasteiger partial charge in [0.15, 0.2) is 0 Å². The van der Waals surface area contributed by atoms with Crippen LogP contribution in [0.25, 0.3) is 0 Å². The summed E-state index contributed by atoms with van der Waals surface area (Å²) in [6.07, 6.45) is 4.63. The Morgan fingerprint density at radius 2 is 1.85 bits per heavy atom. The summed E-state index contributed by atoms with van der Waals surface area (Å²) in [5.41, 5.74) is 6.18. The van der Waals surface area contributed by atoms with E-state index >= 15 is 0 Å². The van der Waals surface area contributed by atoms with Crippen molar-refractivity contribution in [3.63, 3.8) is 0 Å². The summed E-state index contributed by atoms with van der Waals surface area (Å²) in [5, 5.41) is 0. The third-order valence-corrected chi connectivity index (χ3v) is 3.53. The first kappa shape index (κ1) is 10.7. The molecule has 1 rings (SSSR count). The zero-order chi connectivity index (χ0) is 10.1. The van der Waals surface area contributed by atoms with Gasteiger partial charge in [0, 0.05) is 5.54 Å². The van der Waals surface area contributed by atoms with E-state index in [4.69, 9.17) is 5.73 Å². The second-order valence-corrected chi connectivity index (χ2v) is 5.24. The lowest BCUT2D eigenvalue weighted by molar-refractivity contribution is 0.187. The zero-order valence-electron chi connectivity index (χ0n) is 9.14. The van der Waals surface area contributed by atoms with Gasteiger partial charge in [-0.3, -0.25) is 4.99 Å². The standard InChI is InChI=1S/C11H22N2/c1-10(2,13-4)9-5-7-11(3,12)8-6-9/h9H,4-8,12H2,1-3H3. The van der Waals surface area contributed by atoms with Gasteiger partial charge in [-0.25, -0.2) is 0 Å². The molecule has 0 amide bonds. The Hall–Kier alpha value is -0.370. The monoisotopic (exact) mass is 182 g/mol. The molecule has 2 nitrogen and oxygen atoms in total. The molecular weight excluding hydrogens is 160 g/mol. The van der Waals surface area contributed by atoms with Crippen molar-refractivity contribution < 1.29 is 0 Å². The van der Waals surface area contributed by atoms with E-state index in [0.29, 0.717) is 5.92 Å². The first-order valence-corrected chi connectivity index (χ1v) is 5.14. The third kappa shape index (κ3) is 2.53. The topological polar surface area (TPSA) is 38.4 Å². The number of hydrogen-bond donors (Lipinski definition) is 1. The van der Waals surface area contributed by atoms with Crippen LogP contribution < -0.4 is 5.73 Å². The minimum absolute atomic E-state index is 0.0382. The smallest absolute Gasteiger partial charge is 0.0573 e. The SMILES string of the molecule is C=NC(C)(C)C1CCC(C)(N)CC1. The largest absolute Gasteiger partial charge is 0.325 e. The van der Waals surface area contributed by atoms with Crippen molar-refractivity contribution in [1.82, 2.24) is 0 Å². The Balaban J connectivity index is 2.55. The van der Waals surface area contributed by atoms with Gasteiger partial charge in [-0.05, 0) is 59.1 Å². The summed E-state index contributed by atoms with van der Waals surface area (Å²) >= 11 is 0. The summed E-state index contributed by atoms with van der Waals surface area (Å²) < 4.78 is 0. The molecule has 0 aromatic heterocycles. The highest BCUT2D eigenvalue weighted by atomic mass is 14.8. The van der Waals surface area contributed by atoms with Crippen molar-refractivity contribution >= 4 is 6.72 Å². The molecule has 0 radical (unpaired) electrons. The van der Waals surface area contributed by atoms with Crippen molar-refractivity contribution in [1.29, 1.82) is 0 Å². The highest BCUT2D eigenvalue weighted by Crippen LogP contribution is 2.37. The van der Waals surface area contributed by atoms with Gasteiger partial charge in [0.25, 0.3) is 0 Å². The van der Waals surface area contributed by atoms with Crippen LogP contribution in [0.2, 0.25) is 0 Å². The summed E-state index contributed by atoms with van der Waals surface area (Å²) in [6.45, 7) is 10.2. The van der Waals surface area contributed by atoms with Crippen LogP contribution in [0, 0.1) is 5.92 Å². The fourth-order valence-corrected chi connectivity index (χ4v) is 2.11. The maximum Gasteiger partial charge on any atom is 0.0573 e. The lowest BCUT2D eigenvalue weighted by atomic mass is 9.71. The maximum atomic E-state index is 6.08. The lowest BCUT2D eigenvalue weighted by Crippen LogP contribution is -2.43. The molecule has 0 aliphatic heterocycles. The molecule has 0 saturated heterocycles. The van der Waals surface area contributed by atoms with Crippen molar-refractivity contribution in [2.75, 3.05) is 0 Å². The van der Waals surface area contributed by atoms with Gasteiger partial charge in [-0.15, -0.1) is 0 Å². The predicted molar refractivity (Wildman–Crippen MR) is 58.2 cm³/mol. The van der Waals surface area contributed by atoms with Gasteiger partial charge in [0.1, 0.15) is 0 Å². The maximum absolute atomic E-state index is 6.08. The molecule has 1 aliphatic rings. The summed E-state index contributed by atoms with van der Waals surface area (Å²) in [6, 6.07) is 0. The van der Waals surface area contributed by atoms with E-state index in [9.17, 15) is 0 Å². The Labute approximate surface area is 81.6 Å². The van der Waals surface area contributed by atoms with Crippen LogP contribution in [0.1, 0.15) is 46.5 Å². The molecule has 0 unspecified atom stereocenters. The van der Waals surface area contributed by atoms with Gasteiger partial charge >= 0.3 is 0 Å². The molecule has 0 aromatic carbocycles. The average Bonchev–Trinajstić information content (AvgIpc) is 2.04. The molecule has 1 saturated carbocycles. The van der Waals surface area contributed by atoms with Crippen molar-refractivity contribution in [3.8, 4) is 0 Å². The van der Waals surface area contributed by atoms with Crippen LogP contribution in [0.5, 0.6) is 0 Å². The van der Waals surface area contributed by atoms with Crippen LogP contribution >= 0.6 is 0 Å². The normalized spacial score (nSPS) is 35.8. The van der Waals surface area contributed by atoms with E-state index < -0.39 is 0 Å². The molecule has 0 heterocycles. The molecule has 76 valence electrons. The summed E-state index contributed by atoms with van der Waals surface area (Å²) in [5.74, 6) is 0.668. The van der Waals surface area contributed by atoms with Crippen LogP contribution in [-0.4, -0.2) is 17.8 Å². The first-order valence-electron chi connectivity index (χ1n) is 5.14. The third-order valence-electron chi connectivity index (χ3n) is 3.53. The van der Waals surface area contributed by atoms with Crippen LogP contribution in [-0.2, 0) is 0 Å². The van der Waals surface area contributed by atoms with Crippen molar-refractivity contribution in [2.24, 2.45) is 16.6 Å². The van der Waals surface area contributed by atoms with Gasteiger partial charge in [-0.2, -0.15) is 0 Å². The number of hydrogen-bond acceptors (Lipinski definition) is 2. The van der Waals surface area contributed by atoms with E-state index in [2.05, 4.69) is 32.5 Å². The molecule has 13 heavy (non-hydrogen) atoms. The van der Waals surface area contributed by atoms with Crippen LogP contribution in [0.15, 0.2) is 4.99 Å². The number of aliphatic imine (C=N–C) groups is 1. The molecule has 1 fully saturated rings. The van der Waals surface area contributed by atoms with Crippen LogP contribution in [0.3, 0.4) is 0 Å². The van der Waals surface area contributed by atoms with Gasteiger partial charge in [0.2, 0.25) is 0 Å². The molecule has 2 N–H and O–H groups in total. The van der Waals surface area contributed by atoms with Gasteiger partial charge in [0.05, 0.1) is 5.54 Å². The molecule has 2 heteroatoms. The van der Waals surface area contributed by atoms with Crippen LogP contribution in [0.4, 0.5) is 0 Å².